The quantitative estimate of drug-likeness (QED) is 0.621. The predicted molar refractivity (Wildman–Crippen MR) is 80.5 cm³/mol. The summed E-state index contributed by atoms with van der Waals surface area (Å²) in [5.41, 5.74) is 2.47. The standard InChI is InChI=1S/C17H16FNO/c1-19(2)16-10-6-14(7-11-16)17(20)12-5-13-3-8-15(18)9-4-13/h3-12H,1-2H3. The lowest BCUT2D eigenvalue weighted by Gasteiger charge is -2.11. The smallest absolute Gasteiger partial charge is 0.185 e. The van der Waals surface area contributed by atoms with Crippen molar-refractivity contribution in [2.24, 2.45) is 0 Å². The summed E-state index contributed by atoms with van der Waals surface area (Å²) in [5, 5.41) is 0. The first kappa shape index (κ1) is 14.0. The summed E-state index contributed by atoms with van der Waals surface area (Å²) in [7, 11) is 3.90. The first-order valence-corrected chi connectivity index (χ1v) is 6.31. The van der Waals surface area contributed by atoms with Crippen LogP contribution >= 0.6 is 0 Å². The lowest BCUT2D eigenvalue weighted by molar-refractivity contribution is 0.104. The summed E-state index contributed by atoms with van der Waals surface area (Å²) in [5.74, 6) is -0.354. The van der Waals surface area contributed by atoms with Gasteiger partial charge in [-0.1, -0.05) is 18.2 Å². The minimum absolute atomic E-state index is 0.0698. The third kappa shape index (κ3) is 3.54. The lowest BCUT2D eigenvalue weighted by Crippen LogP contribution is -2.08. The van der Waals surface area contributed by atoms with Gasteiger partial charge in [-0.05, 0) is 48.0 Å². The number of halogens is 1. The fourth-order valence-electron chi connectivity index (χ4n) is 1.77. The van der Waals surface area contributed by atoms with Gasteiger partial charge in [0.2, 0.25) is 0 Å². The number of hydrogen-bond acceptors (Lipinski definition) is 2. The van der Waals surface area contributed by atoms with Crippen molar-refractivity contribution in [3.63, 3.8) is 0 Å². The molecule has 2 aromatic rings. The third-order valence-corrected chi connectivity index (χ3v) is 2.97. The molecule has 0 radical (unpaired) electrons. The normalized spacial score (nSPS) is 10.8. The summed E-state index contributed by atoms with van der Waals surface area (Å²) in [4.78, 5) is 14.0. The number of hydrogen-bond donors (Lipinski definition) is 0. The van der Waals surface area contributed by atoms with Gasteiger partial charge in [-0.15, -0.1) is 0 Å². The Balaban J connectivity index is 2.09. The zero-order chi connectivity index (χ0) is 14.5. The zero-order valence-electron chi connectivity index (χ0n) is 11.5. The Labute approximate surface area is 118 Å². The molecule has 0 N–H and O–H groups in total. The summed E-state index contributed by atoms with van der Waals surface area (Å²) in [6.07, 6.45) is 3.18. The number of anilines is 1. The average molecular weight is 269 g/mol. The summed E-state index contributed by atoms with van der Waals surface area (Å²) in [6.45, 7) is 0. The van der Waals surface area contributed by atoms with Crippen molar-refractivity contribution < 1.29 is 9.18 Å². The molecule has 2 nitrogen and oxygen atoms in total. The predicted octanol–water partition coefficient (Wildman–Crippen LogP) is 3.79. The maximum atomic E-state index is 12.8. The first-order chi connectivity index (χ1) is 9.56. The molecule has 0 aromatic heterocycles. The van der Waals surface area contributed by atoms with Gasteiger partial charge in [-0.25, -0.2) is 4.39 Å². The molecule has 0 amide bonds. The highest BCUT2D eigenvalue weighted by atomic mass is 19.1. The van der Waals surface area contributed by atoms with E-state index in [1.165, 1.54) is 18.2 Å². The van der Waals surface area contributed by atoms with Crippen LogP contribution in [0.3, 0.4) is 0 Å². The molecule has 0 aliphatic heterocycles. The van der Waals surface area contributed by atoms with Gasteiger partial charge in [0, 0.05) is 25.3 Å². The van der Waals surface area contributed by atoms with Gasteiger partial charge < -0.3 is 4.90 Å². The largest absolute Gasteiger partial charge is 0.378 e. The van der Waals surface area contributed by atoms with E-state index in [0.29, 0.717) is 5.56 Å². The molecule has 102 valence electrons. The molecule has 3 heteroatoms. The molecule has 0 saturated heterocycles. The Hall–Kier alpha value is -2.42. The van der Waals surface area contributed by atoms with E-state index in [9.17, 15) is 9.18 Å². The Morgan fingerprint density at radius 2 is 1.60 bits per heavy atom. The summed E-state index contributed by atoms with van der Waals surface area (Å²) in [6, 6.07) is 13.4. The van der Waals surface area contributed by atoms with Crippen molar-refractivity contribution in [3.05, 3.63) is 71.6 Å². The fraction of sp³-hybridized carbons (Fsp3) is 0.118. The molecule has 0 saturated carbocycles. The molecule has 0 spiro atoms. The van der Waals surface area contributed by atoms with Crippen LogP contribution in [-0.4, -0.2) is 19.9 Å². The SMILES string of the molecule is CN(C)c1ccc(C(=O)C=Cc2ccc(F)cc2)cc1. The van der Waals surface area contributed by atoms with E-state index in [1.807, 2.05) is 31.1 Å². The van der Waals surface area contributed by atoms with Crippen LogP contribution < -0.4 is 4.90 Å². The topological polar surface area (TPSA) is 20.3 Å². The van der Waals surface area contributed by atoms with Crippen molar-refractivity contribution >= 4 is 17.5 Å². The number of carbonyl (C=O) groups is 1. The maximum absolute atomic E-state index is 12.8. The van der Waals surface area contributed by atoms with Gasteiger partial charge in [0.25, 0.3) is 0 Å². The lowest BCUT2D eigenvalue weighted by atomic mass is 10.1. The van der Waals surface area contributed by atoms with Gasteiger partial charge in [0.15, 0.2) is 5.78 Å². The van der Waals surface area contributed by atoms with Gasteiger partial charge in [-0.2, -0.15) is 0 Å². The van der Waals surface area contributed by atoms with Gasteiger partial charge in [0.1, 0.15) is 5.82 Å². The van der Waals surface area contributed by atoms with Crippen molar-refractivity contribution in [2.75, 3.05) is 19.0 Å². The summed E-state index contributed by atoms with van der Waals surface area (Å²) >= 11 is 0. The number of rotatable bonds is 4. The van der Waals surface area contributed by atoms with E-state index in [4.69, 9.17) is 0 Å². The molecular formula is C17H16FNO. The van der Waals surface area contributed by atoms with Gasteiger partial charge >= 0.3 is 0 Å². The number of ketones is 1. The van der Waals surface area contributed by atoms with E-state index in [-0.39, 0.29) is 11.6 Å². The number of nitrogens with zero attached hydrogens (tertiary/aromatic N) is 1. The van der Waals surface area contributed by atoms with E-state index in [2.05, 4.69) is 0 Å². The van der Waals surface area contributed by atoms with Crippen LogP contribution in [0.25, 0.3) is 6.08 Å². The highest BCUT2D eigenvalue weighted by molar-refractivity contribution is 6.06. The maximum Gasteiger partial charge on any atom is 0.185 e. The molecule has 0 heterocycles. The second kappa shape index (κ2) is 6.15. The monoisotopic (exact) mass is 269 g/mol. The molecule has 0 atom stereocenters. The highest BCUT2D eigenvalue weighted by Gasteiger charge is 2.02. The highest BCUT2D eigenvalue weighted by Crippen LogP contribution is 2.13. The molecule has 0 fully saturated rings. The Bertz CT molecular complexity index is 612. The number of carbonyl (C=O) groups excluding carboxylic acids is 1. The van der Waals surface area contributed by atoms with Crippen LogP contribution in [0.15, 0.2) is 54.6 Å². The molecule has 2 rings (SSSR count). The zero-order valence-corrected chi connectivity index (χ0v) is 11.5. The molecule has 20 heavy (non-hydrogen) atoms. The third-order valence-electron chi connectivity index (χ3n) is 2.97. The average Bonchev–Trinajstić information content (AvgIpc) is 2.46. The van der Waals surface area contributed by atoms with Gasteiger partial charge in [-0.3, -0.25) is 4.79 Å². The number of benzene rings is 2. The van der Waals surface area contributed by atoms with Crippen LogP contribution in [0.2, 0.25) is 0 Å². The van der Waals surface area contributed by atoms with Crippen LogP contribution in [0.4, 0.5) is 10.1 Å². The van der Waals surface area contributed by atoms with E-state index < -0.39 is 0 Å². The molecule has 0 unspecified atom stereocenters. The molecule has 0 aliphatic rings. The Morgan fingerprint density at radius 3 is 2.15 bits per heavy atom. The van der Waals surface area contributed by atoms with Crippen molar-refractivity contribution in [3.8, 4) is 0 Å². The molecule has 2 aromatic carbocycles. The van der Waals surface area contributed by atoms with E-state index in [1.54, 1.807) is 30.3 Å². The fourth-order valence-corrected chi connectivity index (χ4v) is 1.77. The molecular weight excluding hydrogens is 253 g/mol. The van der Waals surface area contributed by atoms with E-state index >= 15 is 0 Å². The molecule has 0 bridgehead atoms. The minimum atomic E-state index is -0.284. The second-order valence-electron chi connectivity index (χ2n) is 4.69. The van der Waals surface area contributed by atoms with Crippen molar-refractivity contribution in [1.82, 2.24) is 0 Å². The van der Waals surface area contributed by atoms with Gasteiger partial charge in [0.05, 0.1) is 0 Å². The van der Waals surface area contributed by atoms with Crippen LogP contribution in [0.1, 0.15) is 15.9 Å². The van der Waals surface area contributed by atoms with E-state index in [0.717, 1.165) is 11.3 Å². The van der Waals surface area contributed by atoms with Crippen molar-refractivity contribution in [2.45, 2.75) is 0 Å². The Kier molecular flexibility index (Phi) is 4.31. The minimum Gasteiger partial charge on any atom is -0.378 e. The summed E-state index contributed by atoms with van der Waals surface area (Å²) < 4.78 is 12.8. The van der Waals surface area contributed by atoms with Crippen molar-refractivity contribution in [1.29, 1.82) is 0 Å². The Morgan fingerprint density at radius 1 is 1.00 bits per heavy atom. The first-order valence-electron chi connectivity index (χ1n) is 6.31. The van der Waals surface area contributed by atoms with Crippen LogP contribution in [0, 0.1) is 5.82 Å². The number of allylic oxidation sites excluding steroid dienone is 1. The second-order valence-corrected chi connectivity index (χ2v) is 4.69. The van der Waals surface area contributed by atoms with Crippen LogP contribution in [0.5, 0.6) is 0 Å². The van der Waals surface area contributed by atoms with Crippen LogP contribution in [-0.2, 0) is 0 Å². The molecule has 0 aliphatic carbocycles.